The molecule has 7 heteroatoms. The fourth-order valence-corrected chi connectivity index (χ4v) is 3.67. The second-order valence-electron chi connectivity index (χ2n) is 8.57. The predicted octanol–water partition coefficient (Wildman–Crippen LogP) is 2.53. The lowest BCUT2D eigenvalue weighted by Gasteiger charge is -2.22. The number of esters is 1. The summed E-state index contributed by atoms with van der Waals surface area (Å²) in [4.78, 5) is 37.7. The average Bonchev–Trinajstić information content (AvgIpc) is 2.77. The van der Waals surface area contributed by atoms with Gasteiger partial charge in [0.25, 0.3) is 0 Å². The molecule has 0 saturated heterocycles. The molecular weight excluding hydrogens is 408 g/mol. The van der Waals surface area contributed by atoms with Crippen LogP contribution in [0.25, 0.3) is 0 Å². The second-order valence-corrected chi connectivity index (χ2v) is 8.57. The number of carbonyl (C=O) groups excluding carboxylic acids is 3. The summed E-state index contributed by atoms with van der Waals surface area (Å²) in [6.07, 6.45) is 6.95. The summed E-state index contributed by atoms with van der Waals surface area (Å²) in [5.41, 5.74) is 1.10. The zero-order valence-corrected chi connectivity index (χ0v) is 19.1. The molecule has 0 fully saturated rings. The second kappa shape index (κ2) is 13.7. The highest BCUT2D eigenvalue weighted by Crippen LogP contribution is 2.19. The van der Waals surface area contributed by atoms with Crippen molar-refractivity contribution in [1.29, 1.82) is 0 Å². The minimum atomic E-state index is -0.520. The summed E-state index contributed by atoms with van der Waals surface area (Å²) in [5.74, 6) is -1.51. The minimum Gasteiger partial charge on any atom is -0.461 e. The number of hydrogen-bond acceptors (Lipinski definition) is 5. The summed E-state index contributed by atoms with van der Waals surface area (Å²) in [6, 6.07) is 9.55. The van der Waals surface area contributed by atoms with E-state index in [0.29, 0.717) is 12.8 Å². The smallest absolute Gasteiger partial charge is 0.309 e. The molecular formula is C25H36N2O5. The molecule has 7 nitrogen and oxygen atoms in total. The summed E-state index contributed by atoms with van der Waals surface area (Å²) < 4.78 is 5.63. The van der Waals surface area contributed by atoms with Crippen molar-refractivity contribution in [2.75, 3.05) is 13.2 Å². The number of aliphatic hydroxyl groups is 1. The van der Waals surface area contributed by atoms with Crippen molar-refractivity contribution in [2.45, 2.75) is 64.5 Å². The van der Waals surface area contributed by atoms with E-state index in [4.69, 9.17) is 9.84 Å². The lowest BCUT2D eigenvalue weighted by molar-refractivity contribution is -0.153. The van der Waals surface area contributed by atoms with Gasteiger partial charge in [0.05, 0.1) is 25.0 Å². The fourth-order valence-electron chi connectivity index (χ4n) is 3.67. The normalized spacial score (nSPS) is 24.0. The van der Waals surface area contributed by atoms with Gasteiger partial charge in [0.2, 0.25) is 11.8 Å². The topological polar surface area (TPSA) is 105 Å². The third-order valence-electron chi connectivity index (χ3n) is 5.53. The molecule has 0 spiro atoms. The van der Waals surface area contributed by atoms with Crippen molar-refractivity contribution >= 4 is 17.8 Å². The number of ether oxygens (including phenoxy) is 1. The third-order valence-corrected chi connectivity index (χ3v) is 5.53. The summed E-state index contributed by atoms with van der Waals surface area (Å²) in [7, 11) is 0. The molecule has 0 aromatic heterocycles. The molecule has 1 aliphatic rings. The SMILES string of the molecule is CC(CO)NC(=O)CC1CC=CCCCC(Cc2ccccc2)C(=O)OC(C)CNC1=O. The maximum atomic E-state index is 12.8. The Morgan fingerprint density at radius 1 is 1.22 bits per heavy atom. The van der Waals surface area contributed by atoms with Gasteiger partial charge in [-0.2, -0.15) is 0 Å². The Labute approximate surface area is 190 Å². The van der Waals surface area contributed by atoms with Gasteiger partial charge >= 0.3 is 5.97 Å². The van der Waals surface area contributed by atoms with Crippen LogP contribution in [0, 0.1) is 11.8 Å². The van der Waals surface area contributed by atoms with Gasteiger partial charge in [0.15, 0.2) is 0 Å². The quantitative estimate of drug-likeness (QED) is 0.462. The fraction of sp³-hybridized carbons (Fsp3) is 0.560. The first-order valence-electron chi connectivity index (χ1n) is 11.5. The molecule has 4 atom stereocenters. The van der Waals surface area contributed by atoms with Crippen LogP contribution in [0.5, 0.6) is 0 Å². The molecule has 0 radical (unpaired) electrons. The molecule has 32 heavy (non-hydrogen) atoms. The summed E-state index contributed by atoms with van der Waals surface area (Å²) >= 11 is 0. The van der Waals surface area contributed by atoms with Crippen LogP contribution < -0.4 is 10.6 Å². The third kappa shape index (κ3) is 9.22. The van der Waals surface area contributed by atoms with Crippen molar-refractivity contribution in [3.8, 4) is 0 Å². The van der Waals surface area contributed by atoms with Crippen LogP contribution >= 0.6 is 0 Å². The number of rotatable bonds is 6. The highest BCUT2D eigenvalue weighted by atomic mass is 16.5. The first-order chi connectivity index (χ1) is 15.4. The molecule has 0 aliphatic carbocycles. The Hall–Kier alpha value is -2.67. The molecule has 0 saturated carbocycles. The molecule has 4 unspecified atom stereocenters. The van der Waals surface area contributed by atoms with Gasteiger partial charge in [-0.15, -0.1) is 0 Å². The maximum absolute atomic E-state index is 12.8. The lowest BCUT2D eigenvalue weighted by Crippen LogP contribution is -2.41. The van der Waals surface area contributed by atoms with E-state index in [1.165, 1.54) is 0 Å². The molecule has 3 N–H and O–H groups in total. The first-order valence-corrected chi connectivity index (χ1v) is 11.5. The van der Waals surface area contributed by atoms with E-state index < -0.39 is 12.0 Å². The number of nitrogens with one attached hydrogen (secondary N) is 2. The van der Waals surface area contributed by atoms with Gasteiger partial charge in [0, 0.05) is 12.5 Å². The average molecular weight is 445 g/mol. The molecule has 176 valence electrons. The first kappa shape index (κ1) is 25.6. The molecule has 1 heterocycles. The van der Waals surface area contributed by atoms with Crippen LogP contribution in [0.4, 0.5) is 0 Å². The van der Waals surface area contributed by atoms with E-state index in [0.717, 1.165) is 24.8 Å². The Kier molecular flexibility index (Phi) is 10.9. The zero-order valence-electron chi connectivity index (χ0n) is 19.1. The number of cyclic esters (lactones) is 1. The Morgan fingerprint density at radius 2 is 1.97 bits per heavy atom. The van der Waals surface area contributed by atoms with Crippen LogP contribution in [-0.2, 0) is 25.5 Å². The van der Waals surface area contributed by atoms with Crippen molar-refractivity contribution in [2.24, 2.45) is 11.8 Å². The van der Waals surface area contributed by atoms with Crippen molar-refractivity contribution < 1.29 is 24.2 Å². The molecule has 0 bridgehead atoms. The Balaban J connectivity index is 2.02. The number of hydrogen-bond donors (Lipinski definition) is 3. The van der Waals surface area contributed by atoms with Crippen molar-refractivity contribution in [1.82, 2.24) is 10.6 Å². The van der Waals surface area contributed by atoms with Crippen LogP contribution in [0.3, 0.4) is 0 Å². The highest BCUT2D eigenvalue weighted by molar-refractivity contribution is 5.86. The van der Waals surface area contributed by atoms with E-state index in [-0.39, 0.29) is 49.3 Å². The molecule has 2 amide bonds. The summed E-state index contributed by atoms with van der Waals surface area (Å²) in [6.45, 7) is 3.49. The van der Waals surface area contributed by atoms with Crippen LogP contribution in [0.1, 0.15) is 51.5 Å². The van der Waals surface area contributed by atoms with Crippen molar-refractivity contribution in [3.05, 3.63) is 48.0 Å². The van der Waals surface area contributed by atoms with Crippen LogP contribution in [-0.4, -0.2) is 48.2 Å². The van der Waals surface area contributed by atoms with E-state index >= 15 is 0 Å². The van der Waals surface area contributed by atoms with Crippen molar-refractivity contribution in [3.63, 3.8) is 0 Å². The van der Waals surface area contributed by atoms with Gasteiger partial charge in [-0.3, -0.25) is 14.4 Å². The van der Waals surface area contributed by atoms with Gasteiger partial charge in [-0.1, -0.05) is 42.5 Å². The molecule has 2 rings (SSSR count). The lowest BCUT2D eigenvalue weighted by atomic mass is 9.93. The van der Waals surface area contributed by atoms with Gasteiger partial charge in [-0.05, 0) is 51.5 Å². The molecule has 1 aromatic carbocycles. The van der Waals surface area contributed by atoms with Gasteiger partial charge < -0.3 is 20.5 Å². The maximum Gasteiger partial charge on any atom is 0.309 e. The van der Waals surface area contributed by atoms with E-state index in [1.807, 2.05) is 42.5 Å². The van der Waals surface area contributed by atoms with Crippen LogP contribution in [0.15, 0.2) is 42.5 Å². The van der Waals surface area contributed by atoms with E-state index in [1.54, 1.807) is 13.8 Å². The van der Waals surface area contributed by atoms with Gasteiger partial charge in [0.1, 0.15) is 6.10 Å². The number of allylic oxidation sites excluding steroid dienone is 2. The van der Waals surface area contributed by atoms with E-state index in [2.05, 4.69) is 10.6 Å². The molecule has 1 aliphatic heterocycles. The summed E-state index contributed by atoms with van der Waals surface area (Å²) in [5, 5.41) is 14.6. The number of amides is 2. The molecule has 1 aromatic rings. The predicted molar refractivity (Wildman–Crippen MR) is 123 cm³/mol. The number of benzene rings is 1. The largest absolute Gasteiger partial charge is 0.461 e. The van der Waals surface area contributed by atoms with E-state index in [9.17, 15) is 14.4 Å². The Bertz CT molecular complexity index is 765. The van der Waals surface area contributed by atoms with Gasteiger partial charge in [-0.25, -0.2) is 0 Å². The standard InChI is InChI=1S/C25H36N2O5/c1-18(17-28)27-23(29)15-21-12-8-3-4-9-13-22(14-20-10-6-5-7-11-20)25(31)32-19(2)16-26-24(21)30/h3,5-8,10-11,18-19,21-22,28H,4,9,12-17H2,1-2H3,(H,26,30)(H,27,29). The monoisotopic (exact) mass is 444 g/mol. The number of carbonyl (C=O) groups is 3. The zero-order chi connectivity index (χ0) is 23.3. The Morgan fingerprint density at radius 3 is 2.69 bits per heavy atom. The minimum absolute atomic E-state index is 0.0355. The number of aliphatic hydroxyl groups excluding tert-OH is 1. The van der Waals surface area contributed by atoms with Crippen LogP contribution in [0.2, 0.25) is 0 Å². The highest BCUT2D eigenvalue weighted by Gasteiger charge is 2.25.